The first-order valence-corrected chi connectivity index (χ1v) is 2.48. The van der Waals surface area contributed by atoms with Crippen molar-refractivity contribution in [2.45, 2.75) is 13.3 Å². The molecule has 46 valence electrons. The fourth-order valence-electron chi connectivity index (χ4n) is 0.402. The zero-order chi connectivity index (χ0) is 6.41. The minimum Gasteiger partial charge on any atom is -0.399 e. The second-order valence-corrected chi connectivity index (χ2v) is 1.50. The maximum atomic E-state index is 4.50. The van der Waals surface area contributed by atoms with Gasteiger partial charge in [-0.2, -0.15) is 0 Å². The molecule has 0 N–H and O–H groups in total. The molecule has 0 bridgehead atoms. The van der Waals surface area contributed by atoms with Crippen molar-refractivity contribution in [2.75, 3.05) is 7.11 Å². The summed E-state index contributed by atoms with van der Waals surface area (Å²) in [5.74, 6) is 0. The molecule has 2 nitrogen and oxygen atoms in total. The third kappa shape index (κ3) is 3.40. The molecule has 0 amide bonds. The molecular weight excluding hydrogens is 102 g/mol. The molecule has 0 rings (SSSR count). The highest BCUT2D eigenvalue weighted by Gasteiger charge is 1.82. The fraction of sp³-hybridized carbons (Fsp3) is 0.500. The van der Waals surface area contributed by atoms with Crippen molar-refractivity contribution in [3.63, 3.8) is 0 Å². The Kier molecular flexibility index (Phi) is 3.94. The number of rotatable bonds is 3. The molecule has 0 saturated heterocycles. The van der Waals surface area contributed by atoms with E-state index in [0.717, 1.165) is 12.1 Å². The van der Waals surface area contributed by atoms with Gasteiger partial charge >= 0.3 is 0 Å². The van der Waals surface area contributed by atoms with Crippen molar-refractivity contribution in [1.29, 1.82) is 0 Å². The van der Waals surface area contributed by atoms with Crippen molar-refractivity contribution in [3.05, 3.63) is 12.7 Å². The topological polar surface area (TPSA) is 21.6 Å². The van der Waals surface area contributed by atoms with Crippen molar-refractivity contribution in [1.82, 2.24) is 0 Å². The minimum absolute atomic E-state index is 0.799. The molecule has 0 aliphatic heterocycles. The molecule has 0 heterocycles. The van der Waals surface area contributed by atoms with E-state index in [9.17, 15) is 0 Å². The van der Waals surface area contributed by atoms with Gasteiger partial charge in [-0.25, -0.2) is 0 Å². The van der Waals surface area contributed by atoms with Gasteiger partial charge in [-0.05, 0) is 6.92 Å². The Morgan fingerprint density at radius 1 is 1.88 bits per heavy atom. The molecule has 0 spiro atoms. The summed E-state index contributed by atoms with van der Waals surface area (Å²) in [6, 6.07) is 0. The molecule has 8 heavy (non-hydrogen) atoms. The van der Waals surface area contributed by atoms with Crippen LogP contribution in [0.1, 0.15) is 13.3 Å². The predicted octanol–water partition coefficient (Wildman–Crippen LogP) is 1.58. The van der Waals surface area contributed by atoms with Gasteiger partial charge in [0.05, 0.1) is 5.71 Å². The molecule has 0 aliphatic rings. The van der Waals surface area contributed by atoms with Crippen LogP contribution in [0.5, 0.6) is 0 Å². The highest BCUT2D eigenvalue weighted by atomic mass is 16.6. The van der Waals surface area contributed by atoms with Crippen molar-refractivity contribution < 1.29 is 4.84 Å². The summed E-state index contributed by atoms with van der Waals surface area (Å²) in [4.78, 5) is 4.50. The quantitative estimate of drug-likeness (QED) is 0.309. The molecule has 0 aromatic carbocycles. The lowest BCUT2D eigenvalue weighted by Gasteiger charge is -1.90. The number of hydrogen-bond donors (Lipinski definition) is 0. The first kappa shape index (κ1) is 7.21. The average Bonchev–Trinajstić information content (AvgIpc) is 1.68. The monoisotopic (exact) mass is 113 g/mol. The van der Waals surface area contributed by atoms with Crippen molar-refractivity contribution in [3.8, 4) is 0 Å². The summed E-state index contributed by atoms with van der Waals surface area (Å²) in [5.41, 5.74) is 0.947. The molecule has 0 aliphatic carbocycles. The average molecular weight is 113 g/mol. The van der Waals surface area contributed by atoms with Gasteiger partial charge < -0.3 is 4.84 Å². The lowest BCUT2D eigenvalue weighted by molar-refractivity contribution is 0.212. The maximum Gasteiger partial charge on any atom is 0.106 e. The SMILES string of the molecule is C=CC/C(C)=N\OC. The van der Waals surface area contributed by atoms with Crippen LogP contribution in [0.2, 0.25) is 0 Å². The smallest absolute Gasteiger partial charge is 0.106 e. The van der Waals surface area contributed by atoms with E-state index in [0.29, 0.717) is 0 Å². The minimum atomic E-state index is 0.799. The number of allylic oxidation sites excluding steroid dienone is 1. The standard InChI is InChI=1S/C6H11NO/c1-4-5-6(2)7-8-3/h4H,1,5H2,2-3H3/b7-6-. The lowest BCUT2D eigenvalue weighted by Crippen LogP contribution is -1.87. The summed E-state index contributed by atoms with van der Waals surface area (Å²) in [7, 11) is 1.53. The van der Waals surface area contributed by atoms with Gasteiger partial charge in [0.1, 0.15) is 7.11 Å². The second-order valence-electron chi connectivity index (χ2n) is 1.50. The molecule has 0 unspecified atom stereocenters. The van der Waals surface area contributed by atoms with Crippen LogP contribution in [0.15, 0.2) is 17.8 Å². The zero-order valence-electron chi connectivity index (χ0n) is 5.35. The lowest BCUT2D eigenvalue weighted by atomic mass is 10.3. The van der Waals surface area contributed by atoms with Gasteiger partial charge in [-0.3, -0.25) is 0 Å². The summed E-state index contributed by atoms with van der Waals surface area (Å²) in [6.07, 6.45) is 2.59. The first-order chi connectivity index (χ1) is 3.81. The molecule has 0 aromatic heterocycles. The zero-order valence-corrected chi connectivity index (χ0v) is 5.35. The molecule has 0 radical (unpaired) electrons. The first-order valence-electron chi connectivity index (χ1n) is 2.48. The van der Waals surface area contributed by atoms with E-state index in [2.05, 4.69) is 16.6 Å². The molecule has 0 aromatic rings. The van der Waals surface area contributed by atoms with Gasteiger partial charge in [-0.1, -0.05) is 11.2 Å². The maximum absolute atomic E-state index is 4.50. The van der Waals surface area contributed by atoms with Gasteiger partial charge in [0, 0.05) is 6.42 Å². The summed E-state index contributed by atoms with van der Waals surface area (Å²) in [5, 5.41) is 3.66. The Labute approximate surface area is 49.8 Å². The van der Waals surface area contributed by atoms with Crippen LogP contribution in [-0.4, -0.2) is 12.8 Å². The largest absolute Gasteiger partial charge is 0.399 e. The Morgan fingerprint density at radius 3 is 2.88 bits per heavy atom. The summed E-state index contributed by atoms with van der Waals surface area (Å²) >= 11 is 0. The van der Waals surface area contributed by atoms with Gasteiger partial charge in [0.15, 0.2) is 0 Å². The number of oxime groups is 1. The molecular formula is C6H11NO. The highest BCUT2D eigenvalue weighted by molar-refractivity contribution is 5.82. The molecule has 2 heteroatoms. The Bertz CT molecular complexity index is 96.7. The van der Waals surface area contributed by atoms with Crippen molar-refractivity contribution >= 4 is 5.71 Å². The fourth-order valence-corrected chi connectivity index (χ4v) is 0.402. The van der Waals surface area contributed by atoms with E-state index in [4.69, 9.17) is 0 Å². The van der Waals surface area contributed by atoms with Crippen LogP contribution < -0.4 is 0 Å². The number of hydrogen-bond acceptors (Lipinski definition) is 2. The molecule has 0 saturated carbocycles. The Hall–Kier alpha value is -0.790. The second kappa shape index (κ2) is 4.37. The van der Waals surface area contributed by atoms with E-state index in [1.54, 1.807) is 6.08 Å². The van der Waals surface area contributed by atoms with Crippen LogP contribution in [-0.2, 0) is 4.84 Å². The van der Waals surface area contributed by atoms with Gasteiger partial charge in [-0.15, -0.1) is 6.58 Å². The van der Waals surface area contributed by atoms with E-state index in [1.807, 2.05) is 6.92 Å². The number of nitrogens with zero attached hydrogens (tertiary/aromatic N) is 1. The third-order valence-electron chi connectivity index (χ3n) is 0.687. The van der Waals surface area contributed by atoms with E-state index >= 15 is 0 Å². The van der Waals surface area contributed by atoms with Crippen molar-refractivity contribution in [2.24, 2.45) is 5.16 Å². The van der Waals surface area contributed by atoms with Crippen LogP contribution in [0.25, 0.3) is 0 Å². The highest BCUT2D eigenvalue weighted by Crippen LogP contribution is 1.85. The van der Waals surface area contributed by atoms with Crippen LogP contribution in [0.4, 0.5) is 0 Å². The summed E-state index contributed by atoms with van der Waals surface area (Å²) < 4.78 is 0. The third-order valence-corrected chi connectivity index (χ3v) is 0.687. The predicted molar refractivity (Wildman–Crippen MR) is 34.9 cm³/mol. The van der Waals surface area contributed by atoms with E-state index in [-0.39, 0.29) is 0 Å². The van der Waals surface area contributed by atoms with Crippen LogP contribution >= 0.6 is 0 Å². The summed E-state index contributed by atoms with van der Waals surface area (Å²) in [6.45, 7) is 5.44. The van der Waals surface area contributed by atoms with E-state index in [1.165, 1.54) is 7.11 Å². The van der Waals surface area contributed by atoms with Gasteiger partial charge in [0.2, 0.25) is 0 Å². The van der Waals surface area contributed by atoms with Crippen LogP contribution in [0, 0.1) is 0 Å². The molecule has 0 fully saturated rings. The molecule has 0 atom stereocenters. The van der Waals surface area contributed by atoms with Gasteiger partial charge in [0.25, 0.3) is 0 Å². The Balaban J connectivity index is 3.44. The normalized spacial score (nSPS) is 11.0. The van der Waals surface area contributed by atoms with Crippen LogP contribution in [0.3, 0.4) is 0 Å². The Morgan fingerprint density at radius 2 is 2.50 bits per heavy atom. The van der Waals surface area contributed by atoms with E-state index < -0.39 is 0 Å².